The Morgan fingerprint density at radius 1 is 1.33 bits per heavy atom. The summed E-state index contributed by atoms with van der Waals surface area (Å²) in [6, 6.07) is 0. The molecule has 0 saturated heterocycles. The molecule has 6 heteroatoms. The first-order valence-electron chi connectivity index (χ1n) is 7.15. The fourth-order valence-corrected chi connectivity index (χ4v) is 2.99. The summed E-state index contributed by atoms with van der Waals surface area (Å²) in [5.74, 6) is 0.879. The van der Waals surface area contributed by atoms with Crippen molar-refractivity contribution in [1.29, 1.82) is 0 Å². The summed E-state index contributed by atoms with van der Waals surface area (Å²) >= 11 is 1.68. The van der Waals surface area contributed by atoms with Crippen molar-refractivity contribution in [1.82, 2.24) is 15.5 Å². The van der Waals surface area contributed by atoms with Crippen molar-refractivity contribution in [2.24, 2.45) is 0 Å². The standard InChI is InChI=1S/C15H21N3O2S/c1-10-9-21-15(17-10)5-4-8-16-14(19)7-6-13-11(2)18-20-12(13)3/h9H,4-8H2,1-3H3,(H,16,19). The molecule has 0 aromatic carbocycles. The van der Waals surface area contributed by atoms with Crippen LogP contribution in [0.3, 0.4) is 0 Å². The summed E-state index contributed by atoms with van der Waals surface area (Å²) in [6.07, 6.45) is 2.99. The van der Waals surface area contributed by atoms with Gasteiger partial charge in [0.25, 0.3) is 0 Å². The first-order valence-corrected chi connectivity index (χ1v) is 8.03. The van der Waals surface area contributed by atoms with Crippen LogP contribution < -0.4 is 5.32 Å². The zero-order valence-corrected chi connectivity index (χ0v) is 13.5. The van der Waals surface area contributed by atoms with Crippen LogP contribution in [-0.4, -0.2) is 22.6 Å². The SMILES string of the molecule is Cc1csc(CCCNC(=O)CCc2c(C)noc2C)n1. The molecule has 0 aliphatic carbocycles. The highest BCUT2D eigenvalue weighted by atomic mass is 32.1. The van der Waals surface area contributed by atoms with Crippen LogP contribution in [0.5, 0.6) is 0 Å². The maximum atomic E-state index is 11.8. The molecule has 2 heterocycles. The van der Waals surface area contributed by atoms with Gasteiger partial charge in [0.1, 0.15) is 5.76 Å². The van der Waals surface area contributed by atoms with Gasteiger partial charge < -0.3 is 9.84 Å². The van der Waals surface area contributed by atoms with Gasteiger partial charge in [-0.1, -0.05) is 5.16 Å². The van der Waals surface area contributed by atoms with Crippen LogP contribution in [-0.2, 0) is 17.6 Å². The molecule has 1 amide bonds. The Hall–Kier alpha value is -1.69. The third-order valence-electron chi connectivity index (χ3n) is 3.34. The summed E-state index contributed by atoms with van der Waals surface area (Å²) in [5.41, 5.74) is 2.99. The lowest BCUT2D eigenvalue weighted by Crippen LogP contribution is -2.25. The van der Waals surface area contributed by atoms with Crippen molar-refractivity contribution < 1.29 is 9.32 Å². The molecule has 5 nitrogen and oxygen atoms in total. The zero-order valence-electron chi connectivity index (χ0n) is 12.7. The molecule has 0 aliphatic heterocycles. The van der Waals surface area contributed by atoms with E-state index in [0.717, 1.165) is 40.6 Å². The number of rotatable bonds is 7. The van der Waals surface area contributed by atoms with Gasteiger partial charge in [-0.2, -0.15) is 0 Å². The number of hydrogen-bond acceptors (Lipinski definition) is 5. The maximum Gasteiger partial charge on any atom is 0.220 e. The molecule has 2 aromatic rings. The molecular formula is C15H21N3O2S. The third-order valence-corrected chi connectivity index (χ3v) is 4.37. The molecule has 0 radical (unpaired) electrons. The molecule has 0 atom stereocenters. The van der Waals surface area contributed by atoms with Crippen molar-refractivity contribution in [2.45, 2.75) is 46.5 Å². The number of amides is 1. The molecule has 0 saturated carbocycles. The fraction of sp³-hybridized carbons (Fsp3) is 0.533. The summed E-state index contributed by atoms with van der Waals surface area (Å²) in [4.78, 5) is 16.2. The van der Waals surface area contributed by atoms with E-state index in [1.165, 1.54) is 0 Å². The number of aromatic nitrogens is 2. The van der Waals surface area contributed by atoms with E-state index >= 15 is 0 Å². The first-order chi connectivity index (χ1) is 10.1. The molecule has 0 aliphatic rings. The molecule has 21 heavy (non-hydrogen) atoms. The monoisotopic (exact) mass is 307 g/mol. The number of nitrogens with one attached hydrogen (secondary N) is 1. The van der Waals surface area contributed by atoms with Gasteiger partial charge in [0.2, 0.25) is 5.91 Å². The number of aryl methyl sites for hydroxylation is 4. The maximum absolute atomic E-state index is 11.8. The van der Waals surface area contributed by atoms with Crippen LogP contribution >= 0.6 is 11.3 Å². The molecule has 2 aromatic heterocycles. The topological polar surface area (TPSA) is 68.0 Å². The van der Waals surface area contributed by atoms with E-state index in [9.17, 15) is 4.79 Å². The molecule has 0 fully saturated rings. The molecule has 114 valence electrons. The molecular weight excluding hydrogens is 286 g/mol. The van der Waals surface area contributed by atoms with Gasteiger partial charge in [0.05, 0.1) is 10.7 Å². The van der Waals surface area contributed by atoms with E-state index in [2.05, 4.69) is 20.8 Å². The number of hydrogen-bond donors (Lipinski definition) is 1. The van der Waals surface area contributed by atoms with Crippen molar-refractivity contribution in [3.05, 3.63) is 33.1 Å². The zero-order chi connectivity index (χ0) is 15.2. The van der Waals surface area contributed by atoms with E-state index in [1.54, 1.807) is 11.3 Å². The minimum Gasteiger partial charge on any atom is -0.361 e. The fourth-order valence-electron chi connectivity index (χ4n) is 2.17. The van der Waals surface area contributed by atoms with Crippen LogP contribution in [0.1, 0.15) is 40.6 Å². The second kappa shape index (κ2) is 7.36. The molecule has 0 unspecified atom stereocenters. The first kappa shape index (κ1) is 15.7. The van der Waals surface area contributed by atoms with E-state index in [4.69, 9.17) is 4.52 Å². The van der Waals surface area contributed by atoms with Gasteiger partial charge in [-0.05, 0) is 33.6 Å². The number of carbonyl (C=O) groups excluding carboxylic acids is 1. The Morgan fingerprint density at radius 2 is 2.14 bits per heavy atom. The van der Waals surface area contributed by atoms with E-state index in [0.29, 0.717) is 19.4 Å². The Balaban J connectivity index is 1.64. The lowest BCUT2D eigenvalue weighted by molar-refractivity contribution is -0.121. The van der Waals surface area contributed by atoms with Gasteiger partial charge >= 0.3 is 0 Å². The second-order valence-electron chi connectivity index (χ2n) is 5.14. The smallest absolute Gasteiger partial charge is 0.220 e. The van der Waals surface area contributed by atoms with Crippen LogP contribution in [0.2, 0.25) is 0 Å². The van der Waals surface area contributed by atoms with Crippen molar-refractivity contribution in [3.63, 3.8) is 0 Å². The summed E-state index contributed by atoms with van der Waals surface area (Å²) in [7, 11) is 0. The Kier molecular flexibility index (Phi) is 5.50. The lowest BCUT2D eigenvalue weighted by Gasteiger charge is -2.04. The predicted octanol–water partition coefficient (Wildman–Crippen LogP) is 2.74. The molecule has 0 bridgehead atoms. The van der Waals surface area contributed by atoms with Gasteiger partial charge in [0.15, 0.2) is 0 Å². The Bertz CT molecular complexity index is 584. The van der Waals surface area contributed by atoms with Gasteiger partial charge in [0, 0.05) is 36.0 Å². The van der Waals surface area contributed by atoms with Crippen LogP contribution in [0, 0.1) is 20.8 Å². The second-order valence-corrected chi connectivity index (χ2v) is 6.08. The van der Waals surface area contributed by atoms with Crippen molar-refractivity contribution in [2.75, 3.05) is 6.54 Å². The minimum absolute atomic E-state index is 0.0744. The number of carbonyl (C=O) groups is 1. The quantitative estimate of drug-likeness (QED) is 0.799. The largest absolute Gasteiger partial charge is 0.361 e. The van der Waals surface area contributed by atoms with Crippen LogP contribution in [0.15, 0.2) is 9.90 Å². The Labute approximate surface area is 128 Å². The predicted molar refractivity (Wildman–Crippen MR) is 82.5 cm³/mol. The van der Waals surface area contributed by atoms with E-state index in [-0.39, 0.29) is 5.91 Å². The summed E-state index contributed by atoms with van der Waals surface area (Å²) in [5, 5.41) is 10.0. The van der Waals surface area contributed by atoms with E-state index in [1.807, 2.05) is 20.8 Å². The summed E-state index contributed by atoms with van der Waals surface area (Å²) in [6.45, 7) is 6.47. The van der Waals surface area contributed by atoms with Gasteiger partial charge in [-0.15, -0.1) is 11.3 Å². The highest BCUT2D eigenvalue weighted by Crippen LogP contribution is 2.14. The minimum atomic E-state index is 0.0744. The van der Waals surface area contributed by atoms with Crippen molar-refractivity contribution in [3.8, 4) is 0 Å². The average molecular weight is 307 g/mol. The molecule has 2 rings (SSSR count). The summed E-state index contributed by atoms with van der Waals surface area (Å²) < 4.78 is 5.09. The number of nitrogens with zero attached hydrogens (tertiary/aromatic N) is 2. The third kappa shape index (κ3) is 4.67. The highest BCUT2D eigenvalue weighted by molar-refractivity contribution is 7.09. The number of thiazole rings is 1. The molecule has 1 N–H and O–H groups in total. The van der Waals surface area contributed by atoms with Gasteiger partial charge in [-0.3, -0.25) is 4.79 Å². The normalized spacial score (nSPS) is 10.8. The average Bonchev–Trinajstić information content (AvgIpc) is 3.00. The van der Waals surface area contributed by atoms with Crippen molar-refractivity contribution >= 4 is 17.2 Å². The van der Waals surface area contributed by atoms with Gasteiger partial charge in [-0.25, -0.2) is 4.98 Å². The lowest BCUT2D eigenvalue weighted by atomic mass is 10.1. The van der Waals surface area contributed by atoms with Crippen LogP contribution in [0.4, 0.5) is 0 Å². The van der Waals surface area contributed by atoms with E-state index < -0.39 is 0 Å². The Morgan fingerprint density at radius 3 is 2.76 bits per heavy atom. The molecule has 0 spiro atoms. The van der Waals surface area contributed by atoms with Crippen LogP contribution in [0.25, 0.3) is 0 Å². The highest BCUT2D eigenvalue weighted by Gasteiger charge is 2.10.